The fourth-order valence-electron chi connectivity index (χ4n) is 2.20. The highest BCUT2D eigenvalue weighted by atomic mass is 16.2. The van der Waals surface area contributed by atoms with E-state index in [1.165, 1.54) is 6.92 Å². The summed E-state index contributed by atoms with van der Waals surface area (Å²) in [5.41, 5.74) is 0. The maximum Gasteiger partial charge on any atom is 0.230 e. The molecule has 0 bridgehead atoms. The second-order valence-corrected chi connectivity index (χ2v) is 4.48. The molecule has 0 N–H and O–H groups in total. The molecule has 1 aromatic heterocycles. The number of nitrogens with zero attached hydrogens (tertiary/aromatic N) is 3. The van der Waals surface area contributed by atoms with E-state index in [9.17, 15) is 9.59 Å². The molecule has 0 atom stereocenters. The molecule has 5 heteroatoms. The first-order valence-corrected chi connectivity index (χ1v) is 5.93. The van der Waals surface area contributed by atoms with E-state index in [2.05, 4.69) is 5.10 Å². The predicted molar refractivity (Wildman–Crippen MR) is 62.4 cm³/mol. The summed E-state index contributed by atoms with van der Waals surface area (Å²) in [5, 5.41) is 4.22. The molecule has 1 aliphatic rings. The summed E-state index contributed by atoms with van der Waals surface area (Å²) in [5.74, 6) is -0.111. The first kappa shape index (κ1) is 11.8. The number of rotatable bonds is 3. The van der Waals surface area contributed by atoms with Crippen molar-refractivity contribution in [3.8, 4) is 0 Å². The van der Waals surface area contributed by atoms with Crippen LogP contribution < -0.4 is 0 Å². The molecule has 2 rings (SSSR count). The molecule has 1 aliphatic heterocycles. The summed E-state index contributed by atoms with van der Waals surface area (Å²) in [6, 6.07) is 2.29. The van der Waals surface area contributed by atoms with Gasteiger partial charge in [0.1, 0.15) is 5.78 Å². The van der Waals surface area contributed by atoms with E-state index in [1.807, 2.05) is 16.9 Å². The van der Waals surface area contributed by atoms with Crippen LogP contribution in [0, 0.1) is 0 Å². The van der Waals surface area contributed by atoms with Gasteiger partial charge in [0, 0.05) is 25.5 Å². The Labute approximate surface area is 100 Å². The SMILES string of the molecule is CC(=O)CC(=O)N1CCC(n2cccn2)CC1. The number of hydrogen-bond acceptors (Lipinski definition) is 3. The number of carbonyl (C=O) groups is 2. The van der Waals surface area contributed by atoms with Crippen molar-refractivity contribution in [3.05, 3.63) is 18.5 Å². The van der Waals surface area contributed by atoms with Gasteiger partial charge in [-0.05, 0) is 25.8 Å². The van der Waals surface area contributed by atoms with E-state index in [4.69, 9.17) is 0 Å². The minimum Gasteiger partial charge on any atom is -0.342 e. The van der Waals surface area contributed by atoms with E-state index < -0.39 is 0 Å². The molecule has 2 heterocycles. The van der Waals surface area contributed by atoms with Gasteiger partial charge in [-0.2, -0.15) is 5.10 Å². The highest BCUT2D eigenvalue weighted by Gasteiger charge is 2.24. The fraction of sp³-hybridized carbons (Fsp3) is 0.583. The summed E-state index contributed by atoms with van der Waals surface area (Å²) >= 11 is 0. The maximum absolute atomic E-state index is 11.7. The summed E-state index contributed by atoms with van der Waals surface area (Å²) in [7, 11) is 0. The average molecular weight is 235 g/mol. The molecule has 1 aromatic rings. The fourth-order valence-corrected chi connectivity index (χ4v) is 2.20. The van der Waals surface area contributed by atoms with Crippen LogP contribution in [-0.4, -0.2) is 39.5 Å². The van der Waals surface area contributed by atoms with Gasteiger partial charge in [-0.3, -0.25) is 14.3 Å². The first-order chi connectivity index (χ1) is 8.16. The lowest BCUT2D eigenvalue weighted by atomic mass is 10.0. The monoisotopic (exact) mass is 235 g/mol. The molecule has 0 spiro atoms. The van der Waals surface area contributed by atoms with Crippen LogP contribution in [0.1, 0.15) is 32.2 Å². The van der Waals surface area contributed by atoms with Crippen molar-refractivity contribution in [3.63, 3.8) is 0 Å². The number of likely N-dealkylation sites (tertiary alicyclic amines) is 1. The largest absolute Gasteiger partial charge is 0.342 e. The molecule has 0 saturated carbocycles. The lowest BCUT2D eigenvalue weighted by Gasteiger charge is -2.32. The Kier molecular flexibility index (Phi) is 3.56. The Morgan fingerprint density at radius 2 is 2.06 bits per heavy atom. The molecule has 0 radical (unpaired) electrons. The second kappa shape index (κ2) is 5.12. The smallest absolute Gasteiger partial charge is 0.230 e. The van der Waals surface area contributed by atoms with E-state index in [0.29, 0.717) is 6.04 Å². The number of carbonyl (C=O) groups excluding carboxylic acids is 2. The molecule has 0 aromatic carbocycles. The van der Waals surface area contributed by atoms with E-state index in [1.54, 1.807) is 11.1 Å². The Morgan fingerprint density at radius 1 is 1.35 bits per heavy atom. The predicted octanol–water partition coefficient (Wildman–Crippen LogP) is 1.03. The number of hydrogen-bond donors (Lipinski definition) is 0. The van der Waals surface area contributed by atoms with Gasteiger partial charge in [0.25, 0.3) is 0 Å². The Hall–Kier alpha value is -1.65. The first-order valence-electron chi connectivity index (χ1n) is 5.93. The third-order valence-corrected chi connectivity index (χ3v) is 3.12. The summed E-state index contributed by atoms with van der Waals surface area (Å²) in [6.45, 7) is 2.89. The molecular formula is C12H17N3O2. The van der Waals surface area contributed by atoms with Gasteiger partial charge in [-0.25, -0.2) is 0 Å². The second-order valence-electron chi connectivity index (χ2n) is 4.48. The van der Waals surface area contributed by atoms with Crippen molar-refractivity contribution in [2.75, 3.05) is 13.1 Å². The zero-order valence-corrected chi connectivity index (χ0v) is 10.0. The molecule has 1 fully saturated rings. The quantitative estimate of drug-likeness (QED) is 0.735. The molecule has 0 unspecified atom stereocenters. The van der Waals surface area contributed by atoms with Crippen LogP contribution in [0.3, 0.4) is 0 Å². The standard InChI is InChI=1S/C12H17N3O2/c1-10(16)9-12(17)14-7-3-11(4-8-14)15-6-2-5-13-15/h2,5-6,11H,3-4,7-9H2,1H3. The van der Waals surface area contributed by atoms with Crippen LogP contribution in [0.2, 0.25) is 0 Å². The van der Waals surface area contributed by atoms with Crippen molar-refractivity contribution in [1.29, 1.82) is 0 Å². The van der Waals surface area contributed by atoms with Gasteiger partial charge >= 0.3 is 0 Å². The number of Topliss-reactive ketones (excluding diaryl/α,β-unsaturated/α-hetero) is 1. The van der Waals surface area contributed by atoms with Crippen LogP contribution in [0.5, 0.6) is 0 Å². The minimum absolute atomic E-state index is 0.0342. The molecule has 17 heavy (non-hydrogen) atoms. The number of aromatic nitrogens is 2. The van der Waals surface area contributed by atoms with Gasteiger partial charge in [0.05, 0.1) is 12.5 Å². The molecule has 1 amide bonds. The third kappa shape index (κ3) is 2.93. The van der Waals surface area contributed by atoms with E-state index in [0.717, 1.165) is 25.9 Å². The van der Waals surface area contributed by atoms with Crippen LogP contribution in [0.25, 0.3) is 0 Å². The molecule has 92 valence electrons. The highest BCUT2D eigenvalue weighted by Crippen LogP contribution is 2.21. The lowest BCUT2D eigenvalue weighted by molar-refractivity contribution is -0.135. The number of piperidine rings is 1. The van der Waals surface area contributed by atoms with Gasteiger partial charge in [0.2, 0.25) is 5.91 Å². The zero-order chi connectivity index (χ0) is 12.3. The summed E-state index contributed by atoms with van der Waals surface area (Å²) in [6.07, 6.45) is 5.58. The van der Waals surface area contributed by atoms with Gasteiger partial charge in [-0.1, -0.05) is 0 Å². The van der Waals surface area contributed by atoms with Crippen molar-refractivity contribution < 1.29 is 9.59 Å². The Morgan fingerprint density at radius 3 is 2.59 bits per heavy atom. The molecular weight excluding hydrogens is 218 g/mol. The van der Waals surface area contributed by atoms with Crippen molar-refractivity contribution in [1.82, 2.24) is 14.7 Å². The molecule has 1 saturated heterocycles. The van der Waals surface area contributed by atoms with Crippen molar-refractivity contribution >= 4 is 11.7 Å². The van der Waals surface area contributed by atoms with Crippen molar-refractivity contribution in [2.45, 2.75) is 32.2 Å². The zero-order valence-electron chi connectivity index (χ0n) is 10.0. The maximum atomic E-state index is 11.7. The van der Waals surface area contributed by atoms with Gasteiger partial charge in [-0.15, -0.1) is 0 Å². The normalized spacial score (nSPS) is 17.1. The van der Waals surface area contributed by atoms with Gasteiger partial charge < -0.3 is 4.90 Å². The molecule has 0 aliphatic carbocycles. The Balaban J connectivity index is 1.86. The summed E-state index contributed by atoms with van der Waals surface area (Å²) < 4.78 is 1.95. The van der Waals surface area contributed by atoms with Crippen LogP contribution >= 0.6 is 0 Å². The lowest BCUT2D eigenvalue weighted by Crippen LogP contribution is -2.39. The minimum atomic E-state index is -0.0656. The number of amides is 1. The van der Waals surface area contributed by atoms with Crippen LogP contribution in [-0.2, 0) is 9.59 Å². The van der Waals surface area contributed by atoms with E-state index >= 15 is 0 Å². The highest BCUT2D eigenvalue weighted by molar-refractivity contribution is 5.96. The van der Waals surface area contributed by atoms with E-state index in [-0.39, 0.29) is 18.1 Å². The third-order valence-electron chi connectivity index (χ3n) is 3.12. The van der Waals surface area contributed by atoms with Crippen molar-refractivity contribution in [2.24, 2.45) is 0 Å². The topological polar surface area (TPSA) is 55.2 Å². The molecule has 5 nitrogen and oxygen atoms in total. The Bertz CT molecular complexity index is 392. The summed E-state index contributed by atoms with van der Waals surface area (Å²) in [4.78, 5) is 24.3. The van der Waals surface area contributed by atoms with Gasteiger partial charge in [0.15, 0.2) is 0 Å². The number of ketones is 1. The van der Waals surface area contributed by atoms with Crippen LogP contribution in [0.4, 0.5) is 0 Å². The van der Waals surface area contributed by atoms with Crippen LogP contribution in [0.15, 0.2) is 18.5 Å². The average Bonchev–Trinajstić information content (AvgIpc) is 2.82.